The lowest BCUT2D eigenvalue weighted by Gasteiger charge is -1.96. The van der Waals surface area contributed by atoms with Gasteiger partial charge in [-0.3, -0.25) is 15.5 Å². The van der Waals surface area contributed by atoms with E-state index in [1.807, 2.05) is 0 Å². The maximum Gasteiger partial charge on any atom is 0.305 e. The number of benzene rings is 1. The normalized spacial score (nSPS) is 10.8. The molecule has 0 saturated carbocycles. The first-order valence-electron chi connectivity index (χ1n) is 5.00. The summed E-state index contributed by atoms with van der Waals surface area (Å²) in [6.07, 6.45) is 1.32. The number of rotatable bonds is 4. The monoisotopic (exact) mass is 281 g/mol. The van der Waals surface area contributed by atoms with Crippen molar-refractivity contribution in [3.05, 3.63) is 45.1 Å². The molecule has 0 unspecified atom stereocenters. The van der Waals surface area contributed by atoms with Crippen molar-refractivity contribution in [3.63, 3.8) is 0 Å². The van der Waals surface area contributed by atoms with Gasteiger partial charge in [-0.1, -0.05) is 0 Å². The number of nitrogens with two attached hydrogens (primary N) is 1. The van der Waals surface area contributed by atoms with Gasteiger partial charge in [-0.25, -0.2) is 4.98 Å². The Labute approximate surface area is 110 Å². The predicted molar refractivity (Wildman–Crippen MR) is 70.8 cm³/mol. The fourth-order valence-corrected chi connectivity index (χ4v) is 1.80. The number of anilines is 2. The average Bonchev–Trinajstić information content (AvgIpc) is 2.77. The standard InChI is InChI=1S/C10H8FN5O2S/c11-7-2-1-6(3-8(7)16(17)18)4-13-15-10-14-9(12)5-19-10/h1-5H,12H2,(H,14,15). The molecule has 0 aliphatic heterocycles. The van der Waals surface area contributed by atoms with Crippen LogP contribution >= 0.6 is 11.3 Å². The Morgan fingerprint density at radius 1 is 1.58 bits per heavy atom. The molecule has 0 radical (unpaired) electrons. The molecule has 0 atom stereocenters. The van der Waals surface area contributed by atoms with Crippen LogP contribution in [0.4, 0.5) is 21.0 Å². The van der Waals surface area contributed by atoms with Crippen molar-refractivity contribution in [2.45, 2.75) is 0 Å². The molecule has 1 heterocycles. The summed E-state index contributed by atoms with van der Waals surface area (Å²) in [5.74, 6) is -0.511. The van der Waals surface area contributed by atoms with E-state index in [0.717, 1.165) is 12.1 Å². The highest BCUT2D eigenvalue weighted by molar-refractivity contribution is 7.14. The molecule has 19 heavy (non-hydrogen) atoms. The fourth-order valence-electron chi connectivity index (χ4n) is 1.25. The summed E-state index contributed by atoms with van der Waals surface area (Å²) < 4.78 is 13.1. The fraction of sp³-hybridized carbons (Fsp3) is 0. The van der Waals surface area contributed by atoms with E-state index in [0.29, 0.717) is 16.5 Å². The zero-order valence-corrected chi connectivity index (χ0v) is 10.2. The van der Waals surface area contributed by atoms with Gasteiger partial charge in [0, 0.05) is 17.0 Å². The van der Waals surface area contributed by atoms with Crippen molar-refractivity contribution in [1.82, 2.24) is 4.98 Å². The van der Waals surface area contributed by atoms with Gasteiger partial charge in [0.25, 0.3) is 0 Å². The molecule has 9 heteroatoms. The first-order valence-corrected chi connectivity index (χ1v) is 5.88. The van der Waals surface area contributed by atoms with E-state index >= 15 is 0 Å². The van der Waals surface area contributed by atoms with E-state index in [4.69, 9.17) is 5.73 Å². The van der Waals surface area contributed by atoms with E-state index in [-0.39, 0.29) is 0 Å². The lowest BCUT2D eigenvalue weighted by molar-refractivity contribution is -0.387. The Hall–Kier alpha value is -2.55. The van der Waals surface area contributed by atoms with Crippen LogP contribution in [0.1, 0.15) is 5.56 Å². The predicted octanol–water partition coefficient (Wildman–Crippen LogP) is 2.22. The van der Waals surface area contributed by atoms with Gasteiger partial charge >= 0.3 is 5.69 Å². The largest absolute Gasteiger partial charge is 0.383 e. The maximum absolute atomic E-state index is 13.1. The van der Waals surface area contributed by atoms with Gasteiger partial charge in [-0.05, 0) is 12.1 Å². The second-order valence-electron chi connectivity index (χ2n) is 3.42. The van der Waals surface area contributed by atoms with Gasteiger partial charge < -0.3 is 5.73 Å². The SMILES string of the molecule is Nc1csc(NN=Cc2ccc(F)c([N+](=O)[O-])c2)n1. The van der Waals surface area contributed by atoms with E-state index in [2.05, 4.69) is 15.5 Å². The van der Waals surface area contributed by atoms with Crippen LogP contribution in [0.25, 0.3) is 0 Å². The highest BCUT2D eigenvalue weighted by Crippen LogP contribution is 2.18. The summed E-state index contributed by atoms with van der Waals surface area (Å²) in [6.45, 7) is 0. The number of thiazole rings is 1. The Balaban J connectivity index is 2.10. The number of aromatic nitrogens is 1. The molecule has 0 saturated heterocycles. The molecule has 98 valence electrons. The lowest BCUT2D eigenvalue weighted by Crippen LogP contribution is -1.95. The summed E-state index contributed by atoms with van der Waals surface area (Å²) in [6, 6.07) is 3.49. The lowest BCUT2D eigenvalue weighted by atomic mass is 10.2. The van der Waals surface area contributed by atoms with Crippen molar-refractivity contribution >= 4 is 34.2 Å². The van der Waals surface area contributed by atoms with Gasteiger partial charge in [-0.15, -0.1) is 11.3 Å². The Morgan fingerprint density at radius 3 is 3.00 bits per heavy atom. The maximum atomic E-state index is 13.1. The topological polar surface area (TPSA) is 106 Å². The Bertz CT molecular complexity index is 643. The van der Waals surface area contributed by atoms with Gasteiger partial charge in [0.15, 0.2) is 0 Å². The molecule has 0 amide bonds. The van der Waals surface area contributed by atoms with Crippen LogP contribution in [-0.2, 0) is 0 Å². The third-order valence-electron chi connectivity index (χ3n) is 2.06. The third kappa shape index (κ3) is 3.22. The number of nitrogens with one attached hydrogen (secondary N) is 1. The molecular weight excluding hydrogens is 273 g/mol. The zero-order valence-electron chi connectivity index (χ0n) is 9.41. The minimum atomic E-state index is -0.886. The summed E-state index contributed by atoms with van der Waals surface area (Å²) in [4.78, 5) is 13.7. The number of nitro groups is 1. The van der Waals surface area contributed by atoms with E-state index < -0.39 is 16.4 Å². The van der Waals surface area contributed by atoms with Crippen molar-refractivity contribution in [2.24, 2.45) is 5.10 Å². The summed E-state index contributed by atoms with van der Waals surface area (Å²) >= 11 is 1.27. The van der Waals surface area contributed by atoms with Gasteiger partial charge in [0.1, 0.15) is 5.82 Å². The van der Waals surface area contributed by atoms with Crippen molar-refractivity contribution < 1.29 is 9.31 Å². The molecule has 3 N–H and O–H groups in total. The molecule has 2 rings (SSSR count). The molecule has 0 aliphatic carbocycles. The minimum Gasteiger partial charge on any atom is -0.383 e. The first-order chi connectivity index (χ1) is 9.06. The smallest absolute Gasteiger partial charge is 0.305 e. The van der Waals surface area contributed by atoms with Crippen LogP contribution < -0.4 is 11.2 Å². The molecule has 1 aromatic heterocycles. The highest BCUT2D eigenvalue weighted by atomic mass is 32.1. The minimum absolute atomic E-state index is 0.375. The van der Waals surface area contributed by atoms with Crippen molar-refractivity contribution in [1.29, 1.82) is 0 Å². The number of nitrogen functional groups attached to an aromatic ring is 1. The van der Waals surface area contributed by atoms with Crippen LogP contribution in [0.5, 0.6) is 0 Å². The molecular formula is C10H8FN5O2S. The quantitative estimate of drug-likeness (QED) is 0.507. The number of halogens is 1. The number of hydrogen-bond acceptors (Lipinski definition) is 7. The van der Waals surface area contributed by atoms with Gasteiger partial charge in [0.05, 0.1) is 11.1 Å². The van der Waals surface area contributed by atoms with Gasteiger partial charge in [0.2, 0.25) is 10.9 Å². The van der Waals surface area contributed by atoms with Crippen molar-refractivity contribution in [2.75, 3.05) is 11.2 Å². The van der Waals surface area contributed by atoms with Crippen LogP contribution in [0.3, 0.4) is 0 Å². The third-order valence-corrected chi connectivity index (χ3v) is 2.83. The molecule has 1 aromatic carbocycles. The Morgan fingerprint density at radius 2 is 2.37 bits per heavy atom. The first kappa shape index (κ1) is 12.9. The summed E-state index contributed by atoms with van der Waals surface area (Å²) in [5.41, 5.74) is 7.83. The highest BCUT2D eigenvalue weighted by Gasteiger charge is 2.13. The molecule has 7 nitrogen and oxygen atoms in total. The van der Waals surface area contributed by atoms with Crippen LogP contribution in [0.2, 0.25) is 0 Å². The zero-order chi connectivity index (χ0) is 13.8. The van der Waals surface area contributed by atoms with Gasteiger partial charge in [-0.2, -0.15) is 9.49 Å². The average molecular weight is 281 g/mol. The Kier molecular flexibility index (Phi) is 3.66. The van der Waals surface area contributed by atoms with E-state index in [1.54, 1.807) is 5.38 Å². The molecule has 0 fully saturated rings. The summed E-state index contributed by atoms with van der Waals surface area (Å²) in [5, 5.41) is 16.5. The number of hydrogen-bond donors (Lipinski definition) is 2. The van der Waals surface area contributed by atoms with Crippen LogP contribution in [0.15, 0.2) is 28.7 Å². The second kappa shape index (κ2) is 5.40. The van der Waals surface area contributed by atoms with E-state index in [9.17, 15) is 14.5 Å². The molecule has 0 bridgehead atoms. The van der Waals surface area contributed by atoms with Crippen molar-refractivity contribution in [3.8, 4) is 0 Å². The van der Waals surface area contributed by atoms with Crippen LogP contribution in [-0.4, -0.2) is 16.1 Å². The number of nitro benzene ring substituents is 1. The van der Waals surface area contributed by atoms with Crippen LogP contribution in [0, 0.1) is 15.9 Å². The van der Waals surface area contributed by atoms with E-state index in [1.165, 1.54) is 23.6 Å². The molecule has 0 spiro atoms. The molecule has 0 aliphatic rings. The second-order valence-corrected chi connectivity index (χ2v) is 4.27. The molecule has 2 aromatic rings. The number of hydrazone groups is 1. The number of nitrogens with zero attached hydrogens (tertiary/aromatic N) is 3. The summed E-state index contributed by atoms with van der Waals surface area (Å²) in [7, 11) is 0.